The number of fused-ring (bicyclic) bond motifs is 1. The summed E-state index contributed by atoms with van der Waals surface area (Å²) in [6, 6.07) is 5.97. The van der Waals surface area contributed by atoms with E-state index >= 15 is 0 Å². The minimum absolute atomic E-state index is 0.399. The summed E-state index contributed by atoms with van der Waals surface area (Å²) in [6.45, 7) is 4.79. The molecule has 2 aromatic rings. The molecule has 0 aliphatic heterocycles. The van der Waals surface area contributed by atoms with Crippen molar-refractivity contribution in [3.8, 4) is 11.8 Å². The average Bonchev–Trinajstić information content (AvgIpc) is 2.79. The van der Waals surface area contributed by atoms with Crippen LogP contribution in [0.2, 0.25) is 0 Å². The Morgan fingerprint density at radius 1 is 1.50 bits per heavy atom. The number of rotatable bonds is 5. The number of nitriles is 1. The Morgan fingerprint density at radius 3 is 3.06 bits per heavy atom. The highest BCUT2D eigenvalue weighted by molar-refractivity contribution is 5.54. The Morgan fingerprint density at radius 2 is 2.33 bits per heavy atom. The van der Waals surface area contributed by atoms with Crippen LogP contribution in [-0.4, -0.2) is 16.0 Å². The van der Waals surface area contributed by atoms with Crippen LogP contribution in [-0.2, 0) is 0 Å². The first-order valence-corrected chi connectivity index (χ1v) is 6.19. The lowest BCUT2D eigenvalue weighted by Gasteiger charge is -2.05. The second-order valence-corrected chi connectivity index (χ2v) is 4.53. The van der Waals surface area contributed by atoms with E-state index in [0.717, 1.165) is 23.5 Å². The molecule has 4 heteroatoms. The molecule has 0 saturated heterocycles. The van der Waals surface area contributed by atoms with Gasteiger partial charge in [-0.3, -0.25) is 0 Å². The predicted octanol–water partition coefficient (Wildman–Crippen LogP) is 3.14. The van der Waals surface area contributed by atoms with Crippen molar-refractivity contribution in [2.24, 2.45) is 0 Å². The van der Waals surface area contributed by atoms with Crippen LogP contribution in [0.15, 0.2) is 24.5 Å². The van der Waals surface area contributed by atoms with Crippen LogP contribution in [0.5, 0.6) is 5.75 Å². The number of hydrogen-bond acceptors (Lipinski definition) is 3. The highest BCUT2D eigenvalue weighted by Crippen LogP contribution is 2.22. The zero-order valence-corrected chi connectivity index (χ0v) is 10.8. The zero-order valence-electron chi connectivity index (χ0n) is 10.8. The predicted molar refractivity (Wildman–Crippen MR) is 69.6 cm³/mol. The van der Waals surface area contributed by atoms with E-state index in [1.807, 2.05) is 28.9 Å². The molecule has 0 amide bonds. The van der Waals surface area contributed by atoms with Gasteiger partial charge in [-0.15, -0.1) is 0 Å². The van der Waals surface area contributed by atoms with Crippen molar-refractivity contribution in [1.82, 2.24) is 9.38 Å². The van der Waals surface area contributed by atoms with E-state index in [2.05, 4.69) is 24.9 Å². The number of ether oxygens (including phenoxy) is 1. The lowest BCUT2D eigenvalue weighted by molar-refractivity contribution is 0.314. The SMILES string of the molecule is CC(C)c1cn2cccc(OCCCC#N)c2n1. The number of hydrogen-bond donors (Lipinski definition) is 0. The molecule has 94 valence electrons. The number of pyridine rings is 1. The maximum absolute atomic E-state index is 8.48. The third-order valence-electron chi connectivity index (χ3n) is 2.75. The van der Waals surface area contributed by atoms with E-state index < -0.39 is 0 Å². The smallest absolute Gasteiger partial charge is 0.179 e. The van der Waals surface area contributed by atoms with Gasteiger partial charge in [0.05, 0.1) is 18.4 Å². The van der Waals surface area contributed by atoms with Crippen molar-refractivity contribution >= 4 is 5.65 Å². The number of aromatic nitrogens is 2. The monoisotopic (exact) mass is 243 g/mol. The van der Waals surface area contributed by atoms with Crippen molar-refractivity contribution in [1.29, 1.82) is 5.26 Å². The van der Waals surface area contributed by atoms with Gasteiger partial charge in [0.2, 0.25) is 0 Å². The normalized spacial score (nSPS) is 10.8. The van der Waals surface area contributed by atoms with Crippen molar-refractivity contribution in [2.45, 2.75) is 32.6 Å². The van der Waals surface area contributed by atoms with Crippen molar-refractivity contribution in [3.05, 3.63) is 30.2 Å². The molecule has 0 radical (unpaired) electrons. The molecule has 0 aromatic carbocycles. The van der Waals surface area contributed by atoms with Gasteiger partial charge in [-0.1, -0.05) is 13.8 Å². The number of nitrogens with zero attached hydrogens (tertiary/aromatic N) is 3. The van der Waals surface area contributed by atoms with E-state index in [1.54, 1.807) is 0 Å². The fraction of sp³-hybridized carbons (Fsp3) is 0.429. The Kier molecular flexibility index (Phi) is 3.83. The van der Waals surface area contributed by atoms with E-state index in [-0.39, 0.29) is 0 Å². The molecule has 0 bridgehead atoms. The highest BCUT2D eigenvalue weighted by Gasteiger charge is 2.09. The molecule has 0 fully saturated rings. The highest BCUT2D eigenvalue weighted by atomic mass is 16.5. The Labute approximate surface area is 107 Å². The fourth-order valence-electron chi connectivity index (χ4n) is 1.73. The van der Waals surface area contributed by atoms with Crippen molar-refractivity contribution < 1.29 is 4.74 Å². The number of imidazole rings is 1. The van der Waals surface area contributed by atoms with Crippen molar-refractivity contribution in [2.75, 3.05) is 6.61 Å². The third-order valence-corrected chi connectivity index (χ3v) is 2.75. The maximum atomic E-state index is 8.48. The Bertz CT molecular complexity index is 566. The second-order valence-electron chi connectivity index (χ2n) is 4.53. The quantitative estimate of drug-likeness (QED) is 0.758. The molecule has 0 spiro atoms. The summed E-state index contributed by atoms with van der Waals surface area (Å²) < 4.78 is 7.66. The summed E-state index contributed by atoms with van der Waals surface area (Å²) in [5.41, 5.74) is 1.90. The van der Waals surface area contributed by atoms with Gasteiger partial charge in [0, 0.05) is 18.8 Å². The minimum atomic E-state index is 0.399. The molecule has 0 atom stereocenters. The standard InChI is InChI=1S/C14H17N3O/c1-11(2)12-10-17-8-5-6-13(14(17)16-12)18-9-4-3-7-15/h5-6,8,10-11H,3-4,9H2,1-2H3. The molecular formula is C14H17N3O. The number of unbranched alkanes of at least 4 members (excludes halogenated alkanes) is 1. The molecule has 0 aliphatic carbocycles. The van der Waals surface area contributed by atoms with Crippen LogP contribution < -0.4 is 4.74 Å². The van der Waals surface area contributed by atoms with E-state index in [1.165, 1.54) is 0 Å². The van der Waals surface area contributed by atoms with Gasteiger partial charge in [-0.2, -0.15) is 5.26 Å². The molecule has 2 heterocycles. The molecule has 18 heavy (non-hydrogen) atoms. The molecule has 0 aliphatic rings. The van der Waals surface area contributed by atoms with Gasteiger partial charge in [0.1, 0.15) is 0 Å². The molecule has 0 N–H and O–H groups in total. The molecule has 0 saturated carbocycles. The van der Waals surface area contributed by atoms with Crippen LogP contribution in [0.25, 0.3) is 5.65 Å². The van der Waals surface area contributed by atoms with Crippen LogP contribution in [0.3, 0.4) is 0 Å². The van der Waals surface area contributed by atoms with Gasteiger partial charge < -0.3 is 9.14 Å². The lowest BCUT2D eigenvalue weighted by atomic mass is 10.2. The Balaban J connectivity index is 2.20. The molecular weight excluding hydrogens is 226 g/mol. The van der Waals surface area contributed by atoms with Crippen LogP contribution >= 0.6 is 0 Å². The minimum Gasteiger partial charge on any atom is -0.490 e. The third kappa shape index (κ3) is 2.62. The fourth-order valence-corrected chi connectivity index (χ4v) is 1.73. The second kappa shape index (κ2) is 5.54. The van der Waals surface area contributed by atoms with Gasteiger partial charge in [0.25, 0.3) is 0 Å². The van der Waals surface area contributed by atoms with Crippen molar-refractivity contribution in [3.63, 3.8) is 0 Å². The Hall–Kier alpha value is -2.02. The summed E-state index contributed by atoms with van der Waals surface area (Å²) in [5, 5.41) is 8.48. The molecule has 2 aromatic heterocycles. The lowest BCUT2D eigenvalue weighted by Crippen LogP contribution is -1.98. The van der Waals surface area contributed by atoms with E-state index in [0.29, 0.717) is 18.9 Å². The summed E-state index contributed by atoms with van der Waals surface area (Å²) in [6.07, 6.45) is 5.27. The summed E-state index contributed by atoms with van der Waals surface area (Å²) in [5.74, 6) is 1.18. The van der Waals surface area contributed by atoms with Gasteiger partial charge in [0.15, 0.2) is 11.4 Å². The molecule has 2 rings (SSSR count). The van der Waals surface area contributed by atoms with Gasteiger partial charge in [-0.05, 0) is 24.5 Å². The van der Waals surface area contributed by atoms with Crippen LogP contribution in [0, 0.1) is 11.3 Å². The summed E-state index contributed by atoms with van der Waals surface area (Å²) in [4.78, 5) is 4.58. The maximum Gasteiger partial charge on any atom is 0.179 e. The summed E-state index contributed by atoms with van der Waals surface area (Å²) >= 11 is 0. The van der Waals surface area contributed by atoms with Crippen LogP contribution in [0.1, 0.15) is 38.3 Å². The largest absolute Gasteiger partial charge is 0.490 e. The summed E-state index contributed by atoms with van der Waals surface area (Å²) in [7, 11) is 0. The average molecular weight is 243 g/mol. The van der Waals surface area contributed by atoms with Gasteiger partial charge in [-0.25, -0.2) is 4.98 Å². The van der Waals surface area contributed by atoms with Crippen LogP contribution in [0.4, 0.5) is 0 Å². The molecule has 0 unspecified atom stereocenters. The first kappa shape index (κ1) is 12.4. The van der Waals surface area contributed by atoms with E-state index in [4.69, 9.17) is 10.00 Å². The van der Waals surface area contributed by atoms with Gasteiger partial charge >= 0.3 is 0 Å². The topological polar surface area (TPSA) is 50.3 Å². The first-order chi connectivity index (χ1) is 8.72. The zero-order chi connectivity index (χ0) is 13.0. The first-order valence-electron chi connectivity index (χ1n) is 6.19. The molecule has 4 nitrogen and oxygen atoms in total. The van der Waals surface area contributed by atoms with E-state index in [9.17, 15) is 0 Å².